The summed E-state index contributed by atoms with van der Waals surface area (Å²) in [7, 11) is 0. The van der Waals surface area contributed by atoms with Crippen LogP contribution in [-0.4, -0.2) is 21.9 Å². The largest absolute Gasteiger partial charge is 0.396 e. The van der Waals surface area contributed by atoms with Crippen LogP contribution in [0.2, 0.25) is 0 Å². The van der Waals surface area contributed by atoms with Gasteiger partial charge >= 0.3 is 0 Å². The molecule has 2 rings (SSSR count). The van der Waals surface area contributed by atoms with Gasteiger partial charge in [-0.25, -0.2) is 0 Å². The van der Waals surface area contributed by atoms with Crippen molar-refractivity contribution in [1.82, 2.24) is 10.2 Å². The number of hydrogen-bond donors (Lipinski definition) is 2. The molecule has 2 heterocycles. The van der Waals surface area contributed by atoms with Crippen molar-refractivity contribution in [2.45, 2.75) is 19.8 Å². The molecule has 2 aromatic heterocycles. The Kier molecular flexibility index (Phi) is 3.18. The summed E-state index contributed by atoms with van der Waals surface area (Å²) in [5.41, 5.74) is 3.28. The zero-order chi connectivity index (χ0) is 10.7. The SMILES string of the molecule is CCc1[nH]nc(-c2cccs2)c1CCO. The van der Waals surface area contributed by atoms with E-state index in [2.05, 4.69) is 23.2 Å². The molecule has 0 aliphatic rings. The summed E-state index contributed by atoms with van der Waals surface area (Å²) >= 11 is 1.68. The molecule has 0 bridgehead atoms. The van der Waals surface area contributed by atoms with Crippen LogP contribution >= 0.6 is 11.3 Å². The van der Waals surface area contributed by atoms with Gasteiger partial charge in [-0.1, -0.05) is 13.0 Å². The van der Waals surface area contributed by atoms with E-state index in [0.717, 1.165) is 28.2 Å². The molecule has 2 aromatic rings. The molecular formula is C11H14N2OS. The first kappa shape index (κ1) is 10.4. The van der Waals surface area contributed by atoms with Crippen LogP contribution in [0.4, 0.5) is 0 Å². The van der Waals surface area contributed by atoms with E-state index in [1.54, 1.807) is 11.3 Å². The van der Waals surface area contributed by atoms with E-state index in [1.165, 1.54) is 0 Å². The number of nitrogens with one attached hydrogen (secondary N) is 1. The van der Waals surface area contributed by atoms with E-state index in [-0.39, 0.29) is 6.61 Å². The third-order valence-corrected chi connectivity index (χ3v) is 3.30. The van der Waals surface area contributed by atoms with Crippen molar-refractivity contribution in [2.24, 2.45) is 0 Å². The third-order valence-electron chi connectivity index (χ3n) is 2.42. The monoisotopic (exact) mass is 222 g/mol. The topological polar surface area (TPSA) is 48.9 Å². The van der Waals surface area contributed by atoms with Gasteiger partial charge in [-0.3, -0.25) is 5.10 Å². The first-order valence-corrected chi connectivity index (χ1v) is 5.95. The molecule has 0 saturated carbocycles. The Bertz CT molecular complexity index is 420. The van der Waals surface area contributed by atoms with Crippen molar-refractivity contribution in [3.8, 4) is 10.6 Å². The lowest BCUT2D eigenvalue weighted by Gasteiger charge is -2.00. The summed E-state index contributed by atoms with van der Waals surface area (Å²) in [6.07, 6.45) is 1.60. The highest BCUT2D eigenvalue weighted by Crippen LogP contribution is 2.28. The zero-order valence-electron chi connectivity index (χ0n) is 8.66. The lowest BCUT2D eigenvalue weighted by Crippen LogP contribution is -1.95. The summed E-state index contributed by atoms with van der Waals surface area (Å²) in [6, 6.07) is 4.07. The maximum Gasteiger partial charge on any atom is 0.106 e. The van der Waals surface area contributed by atoms with Crippen molar-refractivity contribution in [3.05, 3.63) is 28.8 Å². The molecule has 0 spiro atoms. The molecule has 0 aromatic carbocycles. The molecule has 0 aliphatic heterocycles. The highest BCUT2D eigenvalue weighted by atomic mass is 32.1. The molecule has 15 heavy (non-hydrogen) atoms. The quantitative estimate of drug-likeness (QED) is 0.833. The maximum absolute atomic E-state index is 9.04. The average Bonchev–Trinajstić information content (AvgIpc) is 2.85. The second kappa shape index (κ2) is 4.59. The normalized spacial score (nSPS) is 10.8. The standard InChI is InChI=1S/C11H14N2OS/c1-2-9-8(5-6-14)11(13-12-9)10-4-3-7-15-10/h3-4,7,14H,2,5-6H2,1H3,(H,12,13). The summed E-state index contributed by atoms with van der Waals surface area (Å²) in [4.78, 5) is 1.16. The molecule has 3 nitrogen and oxygen atoms in total. The van der Waals surface area contributed by atoms with Gasteiger partial charge < -0.3 is 5.11 Å². The van der Waals surface area contributed by atoms with Crippen LogP contribution in [0, 0.1) is 0 Å². The summed E-state index contributed by atoms with van der Waals surface area (Å²) in [5.74, 6) is 0. The van der Waals surface area contributed by atoms with Crippen molar-refractivity contribution >= 4 is 11.3 Å². The minimum Gasteiger partial charge on any atom is -0.396 e. The van der Waals surface area contributed by atoms with Gasteiger partial charge in [-0.2, -0.15) is 5.10 Å². The molecule has 80 valence electrons. The molecule has 0 atom stereocenters. The molecule has 0 radical (unpaired) electrons. The Balaban J connectivity index is 2.43. The van der Waals surface area contributed by atoms with E-state index < -0.39 is 0 Å². The number of aliphatic hydroxyl groups excluding tert-OH is 1. The van der Waals surface area contributed by atoms with Gasteiger partial charge in [0.05, 0.1) is 4.88 Å². The smallest absolute Gasteiger partial charge is 0.106 e. The van der Waals surface area contributed by atoms with E-state index in [0.29, 0.717) is 6.42 Å². The number of aromatic nitrogens is 2. The van der Waals surface area contributed by atoms with Crippen LogP contribution in [0.3, 0.4) is 0 Å². The Morgan fingerprint density at radius 1 is 1.53 bits per heavy atom. The first-order valence-electron chi connectivity index (χ1n) is 5.07. The van der Waals surface area contributed by atoms with Gasteiger partial charge in [0.25, 0.3) is 0 Å². The fraction of sp³-hybridized carbons (Fsp3) is 0.364. The maximum atomic E-state index is 9.04. The number of aryl methyl sites for hydroxylation is 1. The lowest BCUT2D eigenvalue weighted by atomic mass is 10.1. The van der Waals surface area contributed by atoms with E-state index in [4.69, 9.17) is 5.11 Å². The predicted molar refractivity (Wildman–Crippen MR) is 62.1 cm³/mol. The Morgan fingerprint density at radius 3 is 3.00 bits per heavy atom. The van der Waals surface area contributed by atoms with Gasteiger partial charge in [-0.15, -0.1) is 11.3 Å². The molecule has 0 saturated heterocycles. The van der Waals surface area contributed by atoms with Crippen LogP contribution in [0.5, 0.6) is 0 Å². The van der Waals surface area contributed by atoms with Crippen LogP contribution in [0.25, 0.3) is 10.6 Å². The summed E-state index contributed by atoms with van der Waals surface area (Å²) in [5, 5.41) is 18.4. The molecule has 0 amide bonds. The molecule has 2 N–H and O–H groups in total. The predicted octanol–water partition coefficient (Wildman–Crippen LogP) is 2.24. The third kappa shape index (κ3) is 1.96. The number of nitrogens with zero attached hydrogens (tertiary/aromatic N) is 1. The molecular weight excluding hydrogens is 208 g/mol. The number of hydrogen-bond acceptors (Lipinski definition) is 3. The van der Waals surface area contributed by atoms with E-state index in [1.807, 2.05) is 11.4 Å². The van der Waals surface area contributed by atoms with Crippen LogP contribution in [0.1, 0.15) is 18.2 Å². The highest BCUT2D eigenvalue weighted by molar-refractivity contribution is 7.13. The van der Waals surface area contributed by atoms with Crippen molar-refractivity contribution in [3.63, 3.8) is 0 Å². The first-order chi connectivity index (χ1) is 7.36. The zero-order valence-corrected chi connectivity index (χ0v) is 9.47. The van der Waals surface area contributed by atoms with Crippen molar-refractivity contribution in [2.75, 3.05) is 6.61 Å². The number of rotatable bonds is 4. The van der Waals surface area contributed by atoms with Crippen LogP contribution < -0.4 is 0 Å². The van der Waals surface area contributed by atoms with Gasteiger partial charge in [0.2, 0.25) is 0 Å². The fourth-order valence-corrected chi connectivity index (χ4v) is 2.43. The number of aliphatic hydroxyl groups is 1. The lowest BCUT2D eigenvalue weighted by molar-refractivity contribution is 0.299. The van der Waals surface area contributed by atoms with Gasteiger partial charge in [0.15, 0.2) is 0 Å². The summed E-state index contributed by atoms with van der Waals surface area (Å²) in [6.45, 7) is 2.26. The van der Waals surface area contributed by atoms with Crippen molar-refractivity contribution < 1.29 is 5.11 Å². The van der Waals surface area contributed by atoms with Crippen molar-refractivity contribution in [1.29, 1.82) is 0 Å². The molecule has 4 heteroatoms. The fourth-order valence-electron chi connectivity index (χ4n) is 1.69. The molecule has 0 unspecified atom stereocenters. The number of aromatic amines is 1. The van der Waals surface area contributed by atoms with Gasteiger partial charge in [-0.05, 0) is 24.3 Å². The second-order valence-electron chi connectivity index (χ2n) is 3.33. The van der Waals surface area contributed by atoms with Crippen LogP contribution in [-0.2, 0) is 12.8 Å². The van der Waals surface area contributed by atoms with E-state index >= 15 is 0 Å². The van der Waals surface area contributed by atoms with Gasteiger partial charge in [0, 0.05) is 17.9 Å². The molecule has 0 fully saturated rings. The van der Waals surface area contributed by atoms with Gasteiger partial charge in [0.1, 0.15) is 5.69 Å². The average molecular weight is 222 g/mol. The Hall–Kier alpha value is -1.13. The molecule has 0 aliphatic carbocycles. The second-order valence-corrected chi connectivity index (χ2v) is 4.28. The Labute approximate surface area is 92.8 Å². The number of thiophene rings is 1. The minimum absolute atomic E-state index is 0.172. The van der Waals surface area contributed by atoms with E-state index in [9.17, 15) is 0 Å². The minimum atomic E-state index is 0.172. The number of H-pyrrole nitrogens is 1. The van der Waals surface area contributed by atoms with Crippen LogP contribution in [0.15, 0.2) is 17.5 Å². The highest BCUT2D eigenvalue weighted by Gasteiger charge is 2.13. The summed E-state index contributed by atoms with van der Waals surface area (Å²) < 4.78 is 0. The Morgan fingerprint density at radius 2 is 2.40 bits per heavy atom.